The van der Waals surface area contributed by atoms with E-state index in [1.54, 1.807) is 6.07 Å². The molecular formula is C17H25N5O. The number of nitrogens with one attached hydrogen (secondary N) is 2. The minimum atomic E-state index is 0.0274. The third kappa shape index (κ3) is 3.32. The average molecular weight is 315 g/mol. The summed E-state index contributed by atoms with van der Waals surface area (Å²) in [6.45, 7) is 5.67. The van der Waals surface area contributed by atoms with Crippen molar-refractivity contribution in [1.29, 1.82) is 5.41 Å². The van der Waals surface area contributed by atoms with Gasteiger partial charge in [-0.3, -0.25) is 10.3 Å². The maximum atomic E-state index is 13.0. The highest BCUT2D eigenvalue weighted by molar-refractivity contribution is 5.98. The summed E-state index contributed by atoms with van der Waals surface area (Å²) in [7, 11) is 0. The van der Waals surface area contributed by atoms with Gasteiger partial charge in [0.1, 0.15) is 5.84 Å². The number of carbonyl (C=O) groups excluding carboxylic acids is 1. The van der Waals surface area contributed by atoms with E-state index >= 15 is 0 Å². The number of nitrogen functional groups attached to an aromatic ring is 1. The van der Waals surface area contributed by atoms with Crippen LogP contribution in [0.5, 0.6) is 0 Å². The van der Waals surface area contributed by atoms with Gasteiger partial charge in [0.15, 0.2) is 0 Å². The molecule has 3 rings (SSSR count). The summed E-state index contributed by atoms with van der Waals surface area (Å²) in [4.78, 5) is 16.9. The molecule has 124 valence electrons. The van der Waals surface area contributed by atoms with Crippen molar-refractivity contribution in [2.24, 2.45) is 11.7 Å². The highest BCUT2D eigenvalue weighted by Crippen LogP contribution is 2.26. The Labute approximate surface area is 137 Å². The molecule has 2 fully saturated rings. The Morgan fingerprint density at radius 1 is 1.30 bits per heavy atom. The van der Waals surface area contributed by atoms with Crippen LogP contribution in [-0.4, -0.2) is 49.0 Å². The maximum Gasteiger partial charge on any atom is 0.324 e. The second kappa shape index (κ2) is 6.58. The molecule has 0 bridgehead atoms. The van der Waals surface area contributed by atoms with Gasteiger partial charge in [-0.05, 0) is 44.0 Å². The van der Waals surface area contributed by atoms with Crippen LogP contribution in [0.15, 0.2) is 24.3 Å². The number of anilines is 1. The number of benzene rings is 1. The van der Waals surface area contributed by atoms with Crippen LogP contribution in [0.1, 0.15) is 25.3 Å². The SMILES string of the molecule is CC1CN(c2cccc(C(=N)N)c2)C(=O)N(C2CCNCC2)C1. The molecule has 0 aromatic heterocycles. The third-order valence-electron chi connectivity index (χ3n) is 4.70. The van der Waals surface area contributed by atoms with Gasteiger partial charge in [0.25, 0.3) is 0 Å². The number of nitrogens with two attached hydrogens (primary N) is 1. The first-order valence-corrected chi connectivity index (χ1v) is 8.29. The number of piperidine rings is 1. The Kier molecular flexibility index (Phi) is 4.52. The summed E-state index contributed by atoms with van der Waals surface area (Å²) in [5, 5.41) is 10.9. The van der Waals surface area contributed by atoms with E-state index < -0.39 is 0 Å². The van der Waals surface area contributed by atoms with Crippen LogP contribution < -0.4 is 16.0 Å². The highest BCUT2D eigenvalue weighted by atomic mass is 16.2. The molecule has 1 unspecified atom stereocenters. The summed E-state index contributed by atoms with van der Waals surface area (Å²) >= 11 is 0. The van der Waals surface area contributed by atoms with Crippen molar-refractivity contribution in [3.63, 3.8) is 0 Å². The normalized spacial score (nSPS) is 23.2. The number of amides is 2. The van der Waals surface area contributed by atoms with Gasteiger partial charge in [0.05, 0.1) is 0 Å². The number of hydrogen-bond acceptors (Lipinski definition) is 3. The van der Waals surface area contributed by atoms with Gasteiger partial charge in [0, 0.05) is 30.4 Å². The lowest BCUT2D eigenvalue weighted by Crippen LogP contribution is -2.58. The molecule has 0 spiro atoms. The lowest BCUT2D eigenvalue weighted by molar-refractivity contribution is 0.139. The molecule has 2 aliphatic rings. The first-order chi connectivity index (χ1) is 11.1. The van der Waals surface area contributed by atoms with Gasteiger partial charge >= 0.3 is 6.03 Å². The molecular weight excluding hydrogens is 290 g/mol. The van der Waals surface area contributed by atoms with Crippen LogP contribution in [0.25, 0.3) is 0 Å². The molecule has 1 aromatic rings. The zero-order chi connectivity index (χ0) is 16.4. The first-order valence-electron chi connectivity index (χ1n) is 8.29. The molecule has 6 heteroatoms. The van der Waals surface area contributed by atoms with Crippen molar-refractivity contribution in [2.75, 3.05) is 31.1 Å². The fraction of sp³-hybridized carbons (Fsp3) is 0.529. The Bertz CT molecular complexity index is 596. The summed E-state index contributed by atoms with van der Waals surface area (Å²) < 4.78 is 0. The van der Waals surface area contributed by atoms with E-state index in [0.29, 0.717) is 24.1 Å². The third-order valence-corrected chi connectivity index (χ3v) is 4.70. The molecule has 1 atom stereocenters. The number of nitrogens with zero attached hydrogens (tertiary/aromatic N) is 2. The van der Waals surface area contributed by atoms with E-state index in [2.05, 4.69) is 12.2 Å². The summed E-state index contributed by atoms with van der Waals surface area (Å²) in [5.74, 6) is 0.447. The van der Waals surface area contributed by atoms with Crippen molar-refractivity contribution in [3.05, 3.63) is 29.8 Å². The predicted octanol–water partition coefficient (Wildman–Crippen LogP) is 1.60. The van der Waals surface area contributed by atoms with Crippen LogP contribution in [0, 0.1) is 11.3 Å². The van der Waals surface area contributed by atoms with E-state index in [1.807, 2.05) is 28.0 Å². The van der Waals surface area contributed by atoms with Crippen LogP contribution in [0.4, 0.5) is 10.5 Å². The fourth-order valence-corrected chi connectivity index (χ4v) is 3.50. The Balaban J connectivity index is 1.84. The maximum absolute atomic E-state index is 13.0. The molecule has 23 heavy (non-hydrogen) atoms. The highest BCUT2D eigenvalue weighted by Gasteiger charge is 2.35. The minimum absolute atomic E-state index is 0.0274. The molecule has 0 radical (unpaired) electrons. The van der Waals surface area contributed by atoms with E-state index in [9.17, 15) is 4.79 Å². The first kappa shape index (κ1) is 15.8. The van der Waals surface area contributed by atoms with Gasteiger partial charge in [0.2, 0.25) is 0 Å². The molecule has 0 saturated carbocycles. The van der Waals surface area contributed by atoms with Crippen LogP contribution in [-0.2, 0) is 0 Å². The van der Waals surface area contributed by atoms with E-state index in [0.717, 1.165) is 38.2 Å². The van der Waals surface area contributed by atoms with E-state index in [1.165, 1.54) is 0 Å². The zero-order valence-electron chi connectivity index (χ0n) is 13.6. The quantitative estimate of drug-likeness (QED) is 0.585. The van der Waals surface area contributed by atoms with Crippen LogP contribution in [0.3, 0.4) is 0 Å². The Morgan fingerprint density at radius 3 is 2.74 bits per heavy atom. The summed E-state index contributed by atoms with van der Waals surface area (Å²) in [6, 6.07) is 7.81. The van der Waals surface area contributed by atoms with Gasteiger partial charge in [-0.25, -0.2) is 4.79 Å². The standard InChI is InChI=1S/C17H25N5O/c1-12-10-21(14-5-7-20-8-6-14)17(23)22(11-12)15-4-2-3-13(9-15)16(18)19/h2-4,9,12,14,20H,5-8,10-11H2,1H3,(H3,18,19). The van der Waals surface area contributed by atoms with E-state index in [4.69, 9.17) is 11.1 Å². The number of amidine groups is 1. The van der Waals surface area contributed by atoms with E-state index in [-0.39, 0.29) is 11.9 Å². The lowest BCUT2D eigenvalue weighted by atomic mass is 10.00. The van der Waals surface area contributed by atoms with Gasteiger partial charge in [-0.1, -0.05) is 19.1 Å². The largest absolute Gasteiger partial charge is 0.384 e. The van der Waals surface area contributed by atoms with Gasteiger partial charge < -0.3 is 16.0 Å². The number of rotatable bonds is 3. The van der Waals surface area contributed by atoms with Crippen molar-refractivity contribution in [3.8, 4) is 0 Å². The number of carbonyl (C=O) groups is 1. The molecule has 6 nitrogen and oxygen atoms in total. The fourth-order valence-electron chi connectivity index (χ4n) is 3.50. The van der Waals surface area contributed by atoms with Crippen molar-refractivity contribution >= 4 is 17.6 Å². The molecule has 2 saturated heterocycles. The minimum Gasteiger partial charge on any atom is -0.384 e. The Hall–Kier alpha value is -2.08. The second-order valence-corrected chi connectivity index (χ2v) is 6.60. The zero-order valence-corrected chi connectivity index (χ0v) is 13.6. The predicted molar refractivity (Wildman–Crippen MR) is 92.0 cm³/mol. The Morgan fingerprint density at radius 2 is 2.04 bits per heavy atom. The molecule has 2 amide bonds. The molecule has 0 aliphatic carbocycles. The monoisotopic (exact) mass is 315 g/mol. The van der Waals surface area contributed by atoms with Gasteiger partial charge in [-0.15, -0.1) is 0 Å². The second-order valence-electron chi connectivity index (χ2n) is 6.60. The number of hydrogen-bond donors (Lipinski definition) is 3. The smallest absolute Gasteiger partial charge is 0.324 e. The topological polar surface area (TPSA) is 85.5 Å². The molecule has 1 aromatic carbocycles. The number of urea groups is 1. The van der Waals surface area contributed by atoms with Crippen molar-refractivity contribution in [1.82, 2.24) is 10.2 Å². The molecule has 4 N–H and O–H groups in total. The van der Waals surface area contributed by atoms with Crippen molar-refractivity contribution < 1.29 is 4.79 Å². The van der Waals surface area contributed by atoms with Crippen LogP contribution in [0.2, 0.25) is 0 Å². The summed E-state index contributed by atoms with van der Waals surface area (Å²) in [5.41, 5.74) is 7.06. The van der Waals surface area contributed by atoms with Crippen molar-refractivity contribution in [2.45, 2.75) is 25.8 Å². The molecule has 2 heterocycles. The van der Waals surface area contributed by atoms with Crippen LogP contribution >= 0.6 is 0 Å². The van der Waals surface area contributed by atoms with Gasteiger partial charge in [-0.2, -0.15) is 0 Å². The lowest BCUT2D eigenvalue weighted by Gasteiger charge is -2.44. The average Bonchev–Trinajstić information content (AvgIpc) is 2.57. The summed E-state index contributed by atoms with van der Waals surface area (Å²) in [6.07, 6.45) is 2.03. The molecule has 2 aliphatic heterocycles.